The molecule has 1 unspecified atom stereocenters. The van der Waals surface area contributed by atoms with Gasteiger partial charge in [-0.05, 0) is 18.4 Å². The summed E-state index contributed by atoms with van der Waals surface area (Å²) >= 11 is 0. The van der Waals surface area contributed by atoms with E-state index < -0.39 is 0 Å². The highest BCUT2D eigenvalue weighted by Crippen LogP contribution is 2.31. The first-order valence-corrected chi connectivity index (χ1v) is 16.6. The minimum absolute atomic E-state index is 0.397. The third-order valence-electron chi connectivity index (χ3n) is 8.22. The van der Waals surface area contributed by atoms with Crippen molar-refractivity contribution in [2.75, 3.05) is 13.1 Å². The fourth-order valence-corrected chi connectivity index (χ4v) is 5.84. The number of benzene rings is 1. The van der Waals surface area contributed by atoms with Crippen LogP contribution >= 0.6 is 0 Å². The first kappa shape index (κ1) is 31.8. The van der Waals surface area contributed by atoms with Gasteiger partial charge in [0.15, 0.2) is 0 Å². The van der Waals surface area contributed by atoms with Crippen LogP contribution in [0.4, 0.5) is 0 Å². The molecule has 2 rings (SSSR count). The molecule has 0 aromatic heterocycles. The minimum Gasteiger partial charge on any atom is -0.352 e. The maximum Gasteiger partial charge on any atom is 0.127 e. The van der Waals surface area contributed by atoms with Crippen LogP contribution in [0.5, 0.6) is 0 Å². The molecule has 0 spiro atoms. The third-order valence-corrected chi connectivity index (χ3v) is 8.22. The van der Waals surface area contributed by atoms with Crippen LogP contribution in [0.15, 0.2) is 42.7 Å². The van der Waals surface area contributed by atoms with E-state index in [4.69, 9.17) is 0 Å². The van der Waals surface area contributed by atoms with E-state index in [2.05, 4.69) is 66.4 Å². The topological polar surface area (TPSA) is 6.48 Å². The summed E-state index contributed by atoms with van der Waals surface area (Å²) in [6.07, 6.45) is 36.3. The summed E-state index contributed by atoms with van der Waals surface area (Å²) < 4.78 is 0. The Morgan fingerprint density at radius 1 is 0.432 bits per heavy atom. The molecule has 0 amide bonds. The predicted octanol–water partition coefficient (Wildman–Crippen LogP) is 11.4. The van der Waals surface area contributed by atoms with Crippen LogP contribution in [-0.4, -0.2) is 22.9 Å². The molecule has 37 heavy (non-hydrogen) atoms. The van der Waals surface area contributed by atoms with Gasteiger partial charge >= 0.3 is 0 Å². The molecular weight excluding hydrogens is 448 g/mol. The number of rotatable bonds is 25. The molecule has 0 saturated carbocycles. The first-order valence-electron chi connectivity index (χ1n) is 16.6. The van der Waals surface area contributed by atoms with Gasteiger partial charge in [-0.25, -0.2) is 0 Å². The molecule has 1 aromatic carbocycles. The summed E-state index contributed by atoms with van der Waals surface area (Å²) in [4.78, 5) is 5.17. The molecule has 0 N–H and O–H groups in total. The monoisotopic (exact) mass is 510 g/mol. The molecule has 1 atom stereocenters. The van der Waals surface area contributed by atoms with Gasteiger partial charge in [0.25, 0.3) is 0 Å². The summed E-state index contributed by atoms with van der Waals surface area (Å²) in [5, 5.41) is 0. The van der Waals surface area contributed by atoms with Crippen LogP contribution in [0, 0.1) is 0 Å². The molecule has 0 bridgehead atoms. The lowest BCUT2D eigenvalue weighted by Crippen LogP contribution is -2.32. The second-order valence-corrected chi connectivity index (χ2v) is 11.6. The summed E-state index contributed by atoms with van der Waals surface area (Å²) in [7, 11) is 0. The van der Waals surface area contributed by atoms with Crippen LogP contribution in [-0.2, 0) is 0 Å². The fourth-order valence-electron chi connectivity index (χ4n) is 5.84. The molecule has 0 saturated heterocycles. The normalized spacial score (nSPS) is 15.2. The largest absolute Gasteiger partial charge is 0.352 e. The lowest BCUT2D eigenvalue weighted by molar-refractivity contribution is 0.150. The highest BCUT2D eigenvalue weighted by molar-refractivity contribution is 5.21. The van der Waals surface area contributed by atoms with E-state index in [-0.39, 0.29) is 0 Å². The van der Waals surface area contributed by atoms with Gasteiger partial charge in [0, 0.05) is 25.5 Å². The molecule has 1 aromatic rings. The van der Waals surface area contributed by atoms with Crippen LogP contribution < -0.4 is 0 Å². The Morgan fingerprint density at radius 2 is 0.757 bits per heavy atom. The molecule has 1 heterocycles. The summed E-state index contributed by atoms with van der Waals surface area (Å²) in [6.45, 7) is 6.96. The summed E-state index contributed by atoms with van der Waals surface area (Å²) in [6, 6.07) is 11.1. The smallest absolute Gasteiger partial charge is 0.127 e. The summed E-state index contributed by atoms with van der Waals surface area (Å²) in [5.74, 6) is 0. The lowest BCUT2D eigenvalue weighted by Gasteiger charge is -2.33. The van der Waals surface area contributed by atoms with Gasteiger partial charge in [0.2, 0.25) is 0 Å². The molecule has 1 aliphatic heterocycles. The highest BCUT2D eigenvalue weighted by atomic mass is 15.4. The second-order valence-electron chi connectivity index (χ2n) is 11.6. The quantitative estimate of drug-likeness (QED) is 0.121. The zero-order valence-electron chi connectivity index (χ0n) is 25.0. The number of nitrogens with zero attached hydrogens (tertiary/aromatic N) is 2. The Balaban J connectivity index is 1.48. The van der Waals surface area contributed by atoms with Gasteiger partial charge in [-0.3, -0.25) is 0 Å². The van der Waals surface area contributed by atoms with Gasteiger partial charge in [-0.1, -0.05) is 173 Å². The van der Waals surface area contributed by atoms with Crippen molar-refractivity contribution < 1.29 is 0 Å². The van der Waals surface area contributed by atoms with Crippen molar-refractivity contribution in [3.05, 3.63) is 48.3 Å². The second kappa shape index (κ2) is 22.5. The first-order chi connectivity index (χ1) is 18.4. The number of unbranched alkanes of at least 4 members (excludes halogenated alkanes) is 20. The zero-order valence-corrected chi connectivity index (χ0v) is 25.0. The maximum absolute atomic E-state index is 2.59. The van der Waals surface area contributed by atoms with Crippen molar-refractivity contribution in [1.29, 1.82) is 0 Å². The molecule has 1 aliphatic rings. The average Bonchev–Trinajstić information content (AvgIpc) is 3.33. The molecule has 0 aliphatic carbocycles. The highest BCUT2D eigenvalue weighted by Gasteiger charge is 2.26. The van der Waals surface area contributed by atoms with E-state index in [9.17, 15) is 0 Å². The molecular formula is C35H62N2. The van der Waals surface area contributed by atoms with E-state index in [0.29, 0.717) is 6.17 Å². The Kier molecular flexibility index (Phi) is 19.4. The molecule has 0 radical (unpaired) electrons. The van der Waals surface area contributed by atoms with E-state index in [1.54, 1.807) is 0 Å². The molecule has 0 fully saturated rings. The lowest BCUT2D eigenvalue weighted by atomic mass is 10.0. The van der Waals surface area contributed by atoms with Crippen molar-refractivity contribution in [2.24, 2.45) is 0 Å². The van der Waals surface area contributed by atoms with Crippen molar-refractivity contribution in [1.82, 2.24) is 9.80 Å². The van der Waals surface area contributed by atoms with Crippen LogP contribution in [0.1, 0.15) is 167 Å². The van der Waals surface area contributed by atoms with Crippen molar-refractivity contribution in [2.45, 2.75) is 161 Å². The number of hydrogen-bond acceptors (Lipinski definition) is 2. The number of hydrogen-bond donors (Lipinski definition) is 0. The van der Waals surface area contributed by atoms with E-state index in [1.165, 1.54) is 160 Å². The van der Waals surface area contributed by atoms with Gasteiger partial charge < -0.3 is 9.80 Å². The van der Waals surface area contributed by atoms with Crippen LogP contribution in [0.25, 0.3) is 0 Å². The molecule has 2 heteroatoms. The Labute approximate surface area is 232 Å². The van der Waals surface area contributed by atoms with Gasteiger partial charge in [0.05, 0.1) is 0 Å². The van der Waals surface area contributed by atoms with Crippen LogP contribution in [0.3, 0.4) is 0 Å². The third kappa shape index (κ3) is 14.9. The fraction of sp³-hybridized carbons (Fsp3) is 0.771. The predicted molar refractivity (Wildman–Crippen MR) is 165 cm³/mol. The Hall–Kier alpha value is -1.44. The summed E-state index contributed by atoms with van der Waals surface area (Å²) in [5.41, 5.74) is 1.44. The van der Waals surface area contributed by atoms with E-state index in [0.717, 1.165) is 0 Å². The van der Waals surface area contributed by atoms with Gasteiger partial charge in [-0.15, -0.1) is 0 Å². The minimum atomic E-state index is 0.397. The van der Waals surface area contributed by atoms with E-state index in [1.807, 2.05) is 0 Å². The maximum atomic E-state index is 2.59. The van der Waals surface area contributed by atoms with Crippen molar-refractivity contribution in [3.63, 3.8) is 0 Å². The molecule has 2 nitrogen and oxygen atoms in total. The van der Waals surface area contributed by atoms with Crippen molar-refractivity contribution in [3.8, 4) is 0 Å². The van der Waals surface area contributed by atoms with E-state index >= 15 is 0 Å². The van der Waals surface area contributed by atoms with Crippen molar-refractivity contribution >= 4 is 0 Å². The Morgan fingerprint density at radius 3 is 1.11 bits per heavy atom. The SMILES string of the molecule is CCCCCCCCCCCCCCCCCCCN1C=CN(CCCCCCC)C1c1ccccc1. The van der Waals surface area contributed by atoms with Gasteiger partial charge in [0.1, 0.15) is 6.17 Å². The zero-order chi connectivity index (χ0) is 26.2. The average molecular weight is 511 g/mol. The molecule has 212 valence electrons. The van der Waals surface area contributed by atoms with Gasteiger partial charge in [-0.2, -0.15) is 0 Å². The Bertz CT molecular complexity index is 640. The van der Waals surface area contributed by atoms with Crippen LogP contribution in [0.2, 0.25) is 0 Å². The standard InChI is InChI=1S/C35H62N2/c1-3-5-7-9-10-11-12-13-14-15-16-17-18-19-20-22-27-31-37-33-32-36(30-26-21-8-6-4-2)35(37)34-28-24-23-25-29-34/h23-25,28-29,32-33,35H,3-22,26-27,30-31H2,1-2H3.